The fourth-order valence-electron chi connectivity index (χ4n) is 0.615. The van der Waals surface area contributed by atoms with Crippen LogP contribution in [0.3, 0.4) is 0 Å². The van der Waals surface area contributed by atoms with Gasteiger partial charge in [-0.05, 0) is 19.8 Å². The lowest BCUT2D eigenvalue weighted by Gasteiger charge is -2.17. The largest absolute Gasteiger partial charge is 0.326 e. The Balaban J connectivity index is 4.04. The van der Waals surface area contributed by atoms with Crippen LogP contribution in [0.2, 0.25) is 0 Å². The van der Waals surface area contributed by atoms with Crippen molar-refractivity contribution in [2.75, 3.05) is 6.54 Å². The third-order valence-corrected chi connectivity index (χ3v) is 3.81. The second kappa shape index (κ2) is 4.93. The number of nitrogens with one attached hydrogen (secondary N) is 1. The minimum atomic E-state index is -3.16. The van der Waals surface area contributed by atoms with Gasteiger partial charge in [0.25, 0.3) is 0 Å². The molecule has 4 nitrogen and oxygen atoms in total. The molecule has 0 aromatic heterocycles. The van der Waals surface area contributed by atoms with E-state index in [9.17, 15) is 8.42 Å². The van der Waals surface area contributed by atoms with Gasteiger partial charge >= 0.3 is 0 Å². The van der Waals surface area contributed by atoms with Gasteiger partial charge < -0.3 is 5.73 Å². The second-order valence-electron chi connectivity index (χ2n) is 3.85. The van der Waals surface area contributed by atoms with Gasteiger partial charge in [-0.1, -0.05) is 13.8 Å². The lowest BCUT2D eigenvalue weighted by Crippen LogP contribution is -2.42. The fraction of sp³-hybridized carbons (Fsp3) is 1.00. The molecule has 0 saturated carbocycles. The second-order valence-corrected chi connectivity index (χ2v) is 6.17. The van der Waals surface area contributed by atoms with Crippen LogP contribution >= 0.6 is 0 Å². The predicted molar refractivity (Wildman–Crippen MR) is 54.9 cm³/mol. The average Bonchev–Trinajstić information content (AvgIpc) is 1.99. The summed E-state index contributed by atoms with van der Waals surface area (Å²) in [6.07, 6.45) is 0. The Morgan fingerprint density at radius 2 is 1.69 bits per heavy atom. The minimum Gasteiger partial charge on any atom is -0.326 e. The lowest BCUT2D eigenvalue weighted by atomic mass is 10.1. The smallest absolute Gasteiger partial charge is 0.213 e. The van der Waals surface area contributed by atoms with Crippen molar-refractivity contribution in [3.05, 3.63) is 0 Å². The topological polar surface area (TPSA) is 72.2 Å². The van der Waals surface area contributed by atoms with Crippen molar-refractivity contribution in [1.82, 2.24) is 4.72 Å². The minimum absolute atomic E-state index is 0.117. The molecule has 0 heterocycles. The van der Waals surface area contributed by atoms with Gasteiger partial charge in [-0.3, -0.25) is 0 Å². The van der Waals surface area contributed by atoms with Crippen molar-refractivity contribution in [1.29, 1.82) is 0 Å². The van der Waals surface area contributed by atoms with E-state index in [0.717, 1.165) is 0 Å². The maximum Gasteiger partial charge on any atom is 0.213 e. The van der Waals surface area contributed by atoms with E-state index in [1.54, 1.807) is 13.8 Å². The molecule has 1 atom stereocenters. The highest BCUT2D eigenvalue weighted by atomic mass is 32.2. The first-order valence-corrected chi connectivity index (χ1v) is 6.06. The summed E-state index contributed by atoms with van der Waals surface area (Å²) in [5.74, 6) is 0.287. The molecule has 1 unspecified atom stereocenters. The summed E-state index contributed by atoms with van der Waals surface area (Å²) in [7, 11) is -3.16. The van der Waals surface area contributed by atoms with Crippen molar-refractivity contribution in [2.45, 2.75) is 39.0 Å². The van der Waals surface area contributed by atoms with Crippen LogP contribution in [0.5, 0.6) is 0 Å². The molecule has 0 aromatic carbocycles. The molecule has 0 bridgehead atoms. The molecule has 0 amide bonds. The van der Waals surface area contributed by atoms with E-state index in [2.05, 4.69) is 4.72 Å². The Morgan fingerprint density at radius 1 is 1.23 bits per heavy atom. The third-order valence-electron chi connectivity index (χ3n) is 2.00. The van der Waals surface area contributed by atoms with Crippen molar-refractivity contribution < 1.29 is 8.42 Å². The molecule has 0 aliphatic carbocycles. The Kier molecular flexibility index (Phi) is 4.88. The average molecular weight is 208 g/mol. The van der Waals surface area contributed by atoms with Crippen LogP contribution in [-0.2, 0) is 10.0 Å². The number of hydrogen-bond acceptors (Lipinski definition) is 3. The Morgan fingerprint density at radius 3 is 2.00 bits per heavy atom. The zero-order valence-electron chi connectivity index (χ0n) is 8.74. The first-order chi connectivity index (χ1) is 5.77. The maximum atomic E-state index is 11.3. The predicted octanol–water partition coefficient (Wildman–Crippen LogP) is 0.298. The lowest BCUT2D eigenvalue weighted by molar-refractivity contribution is 0.480. The molecule has 13 heavy (non-hydrogen) atoms. The molecule has 0 rings (SSSR count). The molecule has 0 aliphatic rings. The number of nitrogens with two attached hydrogens (primary N) is 1. The van der Waals surface area contributed by atoms with Gasteiger partial charge in [0.15, 0.2) is 0 Å². The van der Waals surface area contributed by atoms with Gasteiger partial charge in [-0.25, -0.2) is 13.1 Å². The van der Waals surface area contributed by atoms with Gasteiger partial charge in [-0.15, -0.1) is 0 Å². The molecular formula is C8H20N2O2S. The summed E-state index contributed by atoms with van der Waals surface area (Å²) in [5.41, 5.74) is 5.70. The zero-order valence-corrected chi connectivity index (χ0v) is 9.56. The van der Waals surface area contributed by atoms with Crippen LogP contribution in [-0.4, -0.2) is 26.3 Å². The van der Waals surface area contributed by atoms with Gasteiger partial charge in [0.1, 0.15) is 0 Å². The highest BCUT2D eigenvalue weighted by Gasteiger charge is 2.17. The van der Waals surface area contributed by atoms with E-state index in [1.165, 1.54) is 0 Å². The molecule has 80 valence electrons. The van der Waals surface area contributed by atoms with Crippen LogP contribution in [0.15, 0.2) is 0 Å². The van der Waals surface area contributed by atoms with Crippen LogP contribution in [0, 0.1) is 5.92 Å². The molecule has 0 spiro atoms. The number of rotatable bonds is 5. The number of hydrogen-bond donors (Lipinski definition) is 2. The zero-order chi connectivity index (χ0) is 10.6. The monoisotopic (exact) mass is 208 g/mol. The molecule has 5 heteroatoms. The van der Waals surface area contributed by atoms with E-state index in [1.807, 2.05) is 13.8 Å². The maximum absolute atomic E-state index is 11.3. The molecule has 0 aliphatic heterocycles. The molecule has 3 N–H and O–H groups in total. The summed E-state index contributed by atoms with van der Waals surface area (Å²) in [6.45, 7) is 7.54. The highest BCUT2D eigenvalue weighted by molar-refractivity contribution is 7.90. The summed E-state index contributed by atoms with van der Waals surface area (Å²) >= 11 is 0. The summed E-state index contributed by atoms with van der Waals surface area (Å²) in [6, 6.07) is -0.117. The molecular weight excluding hydrogens is 188 g/mol. The Labute approximate surface area is 80.9 Å². The van der Waals surface area contributed by atoms with Gasteiger partial charge in [-0.2, -0.15) is 0 Å². The summed E-state index contributed by atoms with van der Waals surface area (Å²) in [5, 5.41) is -0.396. The SMILES string of the molecule is CC(C)C(N)CNS(=O)(=O)C(C)C. The summed E-state index contributed by atoms with van der Waals surface area (Å²) in [4.78, 5) is 0. The van der Waals surface area contributed by atoms with Gasteiger partial charge in [0.2, 0.25) is 10.0 Å². The van der Waals surface area contributed by atoms with Crippen LogP contribution in [0.1, 0.15) is 27.7 Å². The van der Waals surface area contributed by atoms with Crippen molar-refractivity contribution in [3.63, 3.8) is 0 Å². The van der Waals surface area contributed by atoms with Crippen molar-refractivity contribution >= 4 is 10.0 Å². The van der Waals surface area contributed by atoms with Gasteiger partial charge in [0.05, 0.1) is 5.25 Å². The van der Waals surface area contributed by atoms with Crippen LogP contribution in [0.4, 0.5) is 0 Å². The molecule has 0 aromatic rings. The Hall–Kier alpha value is -0.130. The normalized spacial score (nSPS) is 15.3. The Bertz CT molecular complexity index is 235. The molecule has 0 radical (unpaired) electrons. The van der Waals surface area contributed by atoms with Crippen LogP contribution in [0.25, 0.3) is 0 Å². The number of sulfonamides is 1. The first-order valence-electron chi connectivity index (χ1n) is 4.51. The van der Waals surface area contributed by atoms with E-state index < -0.39 is 15.3 Å². The summed E-state index contributed by atoms with van der Waals surface area (Å²) < 4.78 is 25.1. The van der Waals surface area contributed by atoms with E-state index in [0.29, 0.717) is 6.54 Å². The standard InChI is InChI=1S/C8H20N2O2S/c1-6(2)8(9)5-10-13(11,12)7(3)4/h6-8,10H,5,9H2,1-4H3. The first kappa shape index (κ1) is 12.9. The third kappa shape index (κ3) is 4.59. The van der Waals surface area contributed by atoms with Crippen molar-refractivity contribution in [3.8, 4) is 0 Å². The van der Waals surface area contributed by atoms with Gasteiger partial charge in [0, 0.05) is 12.6 Å². The van der Waals surface area contributed by atoms with Crippen LogP contribution < -0.4 is 10.5 Å². The van der Waals surface area contributed by atoms with Crippen molar-refractivity contribution in [2.24, 2.45) is 11.7 Å². The van der Waals surface area contributed by atoms with E-state index in [-0.39, 0.29) is 12.0 Å². The molecule has 0 saturated heterocycles. The van der Waals surface area contributed by atoms with E-state index >= 15 is 0 Å². The van der Waals surface area contributed by atoms with E-state index in [4.69, 9.17) is 5.73 Å². The quantitative estimate of drug-likeness (QED) is 0.682. The molecule has 0 fully saturated rings. The fourth-order valence-corrected chi connectivity index (χ4v) is 1.37. The highest BCUT2D eigenvalue weighted by Crippen LogP contribution is 1.99.